The molecule has 1 rings (SSSR count). The van der Waals surface area contributed by atoms with Crippen molar-refractivity contribution in [1.29, 1.82) is 0 Å². The fourth-order valence-corrected chi connectivity index (χ4v) is 1.35. The Morgan fingerprint density at radius 3 is 2.36 bits per heavy atom. The van der Waals surface area contributed by atoms with Crippen LogP contribution in [0.25, 0.3) is 0 Å². The maximum Gasteiger partial charge on any atom is 0.137 e. The Labute approximate surface area is 90.5 Å². The fraction of sp³-hybridized carbons (Fsp3) is 0.400. The van der Waals surface area contributed by atoms with Crippen molar-refractivity contribution >= 4 is 15.9 Å². The summed E-state index contributed by atoms with van der Waals surface area (Å²) in [4.78, 5) is 0. The Kier molecular flexibility index (Phi) is 3.64. The van der Waals surface area contributed by atoms with Gasteiger partial charge in [0, 0.05) is 5.41 Å². The van der Waals surface area contributed by atoms with E-state index in [4.69, 9.17) is 10.2 Å². The molecule has 0 aliphatic heterocycles. The van der Waals surface area contributed by atoms with E-state index in [1.807, 2.05) is 0 Å². The molecule has 2 nitrogen and oxygen atoms in total. The van der Waals surface area contributed by atoms with Crippen molar-refractivity contribution in [2.24, 2.45) is 0 Å². The molecular weight excluding hydrogens is 251 g/mol. The smallest absolute Gasteiger partial charge is 0.137 e. The van der Waals surface area contributed by atoms with E-state index < -0.39 is 11.2 Å². The van der Waals surface area contributed by atoms with Gasteiger partial charge in [0.25, 0.3) is 0 Å². The molecule has 0 heterocycles. The predicted octanol–water partition coefficient (Wildman–Crippen LogP) is 1.83. The van der Waals surface area contributed by atoms with Crippen molar-refractivity contribution in [3.05, 3.63) is 34.1 Å². The maximum atomic E-state index is 13.2. The third-order valence-corrected chi connectivity index (χ3v) is 2.96. The van der Waals surface area contributed by atoms with Crippen LogP contribution in [0, 0.1) is 5.82 Å². The lowest BCUT2D eigenvalue weighted by Gasteiger charge is -2.25. The summed E-state index contributed by atoms with van der Waals surface area (Å²) in [5.41, 5.74) is -0.204. The summed E-state index contributed by atoms with van der Waals surface area (Å²) < 4.78 is 13.5. The van der Waals surface area contributed by atoms with Gasteiger partial charge in [-0.25, -0.2) is 4.39 Å². The summed E-state index contributed by atoms with van der Waals surface area (Å²) in [7, 11) is 0. The van der Waals surface area contributed by atoms with Crippen molar-refractivity contribution in [2.75, 3.05) is 13.2 Å². The van der Waals surface area contributed by atoms with Crippen LogP contribution in [-0.4, -0.2) is 23.4 Å². The first kappa shape index (κ1) is 11.6. The van der Waals surface area contributed by atoms with Gasteiger partial charge in [-0.3, -0.25) is 0 Å². The summed E-state index contributed by atoms with van der Waals surface area (Å²) in [6, 6.07) is 4.56. The molecule has 0 aliphatic rings. The lowest BCUT2D eigenvalue weighted by atomic mass is 9.84. The SMILES string of the molecule is CC(CO)(CO)c1ccc(Br)c(F)c1. The Morgan fingerprint density at radius 2 is 1.93 bits per heavy atom. The normalized spacial score (nSPS) is 11.8. The Bertz CT molecular complexity index is 324. The molecule has 0 bridgehead atoms. The van der Waals surface area contributed by atoms with Gasteiger partial charge >= 0.3 is 0 Å². The lowest BCUT2D eigenvalue weighted by molar-refractivity contribution is 0.129. The summed E-state index contributed by atoms with van der Waals surface area (Å²) in [5, 5.41) is 18.2. The van der Waals surface area contributed by atoms with Gasteiger partial charge in [0.2, 0.25) is 0 Å². The monoisotopic (exact) mass is 262 g/mol. The zero-order chi connectivity index (χ0) is 10.8. The van der Waals surface area contributed by atoms with Crippen LogP contribution in [0.1, 0.15) is 12.5 Å². The molecule has 0 fully saturated rings. The Balaban J connectivity index is 3.12. The van der Waals surface area contributed by atoms with E-state index in [0.717, 1.165) is 0 Å². The number of aliphatic hydroxyl groups excluding tert-OH is 2. The van der Waals surface area contributed by atoms with Crippen LogP contribution in [0.15, 0.2) is 22.7 Å². The molecule has 0 radical (unpaired) electrons. The van der Waals surface area contributed by atoms with Gasteiger partial charge in [-0.2, -0.15) is 0 Å². The first-order chi connectivity index (χ1) is 6.53. The van der Waals surface area contributed by atoms with E-state index >= 15 is 0 Å². The third kappa shape index (κ3) is 2.13. The molecule has 0 saturated heterocycles. The topological polar surface area (TPSA) is 40.5 Å². The maximum absolute atomic E-state index is 13.2. The van der Waals surface area contributed by atoms with Gasteiger partial charge in [-0.05, 0) is 33.6 Å². The zero-order valence-electron chi connectivity index (χ0n) is 7.80. The molecule has 1 aromatic carbocycles. The van der Waals surface area contributed by atoms with Gasteiger partial charge in [-0.15, -0.1) is 0 Å². The highest BCUT2D eigenvalue weighted by molar-refractivity contribution is 9.10. The molecule has 78 valence electrons. The molecule has 0 aliphatic carbocycles. The largest absolute Gasteiger partial charge is 0.395 e. The van der Waals surface area contributed by atoms with Crippen LogP contribution in [0.5, 0.6) is 0 Å². The molecule has 0 atom stereocenters. The van der Waals surface area contributed by atoms with Gasteiger partial charge in [0.05, 0.1) is 17.7 Å². The Hall–Kier alpha value is -0.450. The minimum Gasteiger partial charge on any atom is -0.395 e. The number of hydrogen-bond donors (Lipinski definition) is 2. The zero-order valence-corrected chi connectivity index (χ0v) is 9.38. The van der Waals surface area contributed by atoms with E-state index in [9.17, 15) is 4.39 Å². The summed E-state index contributed by atoms with van der Waals surface area (Å²) in [6.07, 6.45) is 0. The molecule has 2 N–H and O–H groups in total. The highest BCUT2D eigenvalue weighted by Crippen LogP contribution is 2.26. The number of hydrogen-bond acceptors (Lipinski definition) is 2. The minimum atomic E-state index is -0.790. The van der Waals surface area contributed by atoms with Gasteiger partial charge < -0.3 is 10.2 Å². The second-order valence-corrected chi connectivity index (χ2v) is 4.36. The number of benzene rings is 1. The second kappa shape index (κ2) is 4.38. The third-order valence-electron chi connectivity index (χ3n) is 2.31. The molecule has 0 amide bonds. The van der Waals surface area contributed by atoms with Gasteiger partial charge in [-0.1, -0.05) is 13.0 Å². The van der Waals surface area contributed by atoms with Crippen LogP contribution in [-0.2, 0) is 5.41 Å². The number of aliphatic hydroxyl groups is 2. The van der Waals surface area contributed by atoms with Gasteiger partial charge in [0.1, 0.15) is 5.82 Å². The second-order valence-electron chi connectivity index (χ2n) is 3.51. The van der Waals surface area contributed by atoms with Crippen molar-refractivity contribution in [3.8, 4) is 0 Å². The molecule has 0 unspecified atom stereocenters. The lowest BCUT2D eigenvalue weighted by Crippen LogP contribution is -2.31. The summed E-state index contributed by atoms with van der Waals surface area (Å²) in [5.74, 6) is -0.393. The van der Waals surface area contributed by atoms with Crippen molar-refractivity contribution < 1.29 is 14.6 Å². The standard InChI is InChI=1S/C10H12BrFO2/c1-10(5-13,6-14)7-2-3-8(11)9(12)4-7/h2-4,13-14H,5-6H2,1H3. The van der Waals surface area contributed by atoms with Crippen molar-refractivity contribution in [1.82, 2.24) is 0 Å². The molecular formula is C10H12BrFO2. The summed E-state index contributed by atoms with van der Waals surface area (Å²) >= 11 is 3.04. The highest BCUT2D eigenvalue weighted by atomic mass is 79.9. The Morgan fingerprint density at radius 1 is 1.36 bits per heavy atom. The molecule has 0 saturated carbocycles. The van der Waals surface area contributed by atoms with Crippen molar-refractivity contribution in [3.63, 3.8) is 0 Å². The van der Waals surface area contributed by atoms with Gasteiger partial charge in [0.15, 0.2) is 0 Å². The predicted molar refractivity (Wildman–Crippen MR) is 55.6 cm³/mol. The highest BCUT2D eigenvalue weighted by Gasteiger charge is 2.25. The molecule has 0 spiro atoms. The molecule has 4 heteroatoms. The van der Waals surface area contributed by atoms with E-state index in [-0.39, 0.29) is 13.2 Å². The summed E-state index contributed by atoms with van der Waals surface area (Å²) in [6.45, 7) is 1.24. The van der Waals surface area contributed by atoms with Crippen LogP contribution in [0.2, 0.25) is 0 Å². The van der Waals surface area contributed by atoms with Crippen molar-refractivity contribution in [2.45, 2.75) is 12.3 Å². The van der Waals surface area contributed by atoms with E-state index in [1.165, 1.54) is 6.07 Å². The fourth-order valence-electron chi connectivity index (χ4n) is 1.10. The van der Waals surface area contributed by atoms with Crippen LogP contribution in [0.4, 0.5) is 4.39 Å². The van der Waals surface area contributed by atoms with Crippen LogP contribution >= 0.6 is 15.9 Å². The molecule has 14 heavy (non-hydrogen) atoms. The molecule has 1 aromatic rings. The van der Waals surface area contributed by atoms with Crippen LogP contribution < -0.4 is 0 Å². The quantitative estimate of drug-likeness (QED) is 0.873. The van der Waals surface area contributed by atoms with E-state index in [0.29, 0.717) is 10.0 Å². The average Bonchev–Trinajstić information content (AvgIpc) is 2.21. The average molecular weight is 263 g/mol. The first-order valence-corrected chi connectivity index (χ1v) is 5.00. The van der Waals surface area contributed by atoms with E-state index in [1.54, 1.807) is 19.1 Å². The van der Waals surface area contributed by atoms with Crippen LogP contribution in [0.3, 0.4) is 0 Å². The number of rotatable bonds is 3. The number of halogens is 2. The first-order valence-electron chi connectivity index (χ1n) is 4.21. The van der Waals surface area contributed by atoms with E-state index in [2.05, 4.69) is 15.9 Å². The molecule has 0 aromatic heterocycles. The minimum absolute atomic E-state index is 0.218.